The van der Waals surface area contributed by atoms with Crippen LogP contribution in [0.4, 0.5) is 8.78 Å². The summed E-state index contributed by atoms with van der Waals surface area (Å²) in [5, 5.41) is 2.90. The second kappa shape index (κ2) is 7.53. The smallest absolute Gasteiger partial charge is 0.242 e. The lowest BCUT2D eigenvalue weighted by atomic mass is 10.0. The Bertz CT molecular complexity index is 686. The largest absolute Gasteiger partial charge is 0.350 e. The lowest BCUT2D eigenvalue weighted by Crippen LogP contribution is -2.37. The molecule has 0 bridgehead atoms. The molecule has 0 heterocycles. The summed E-state index contributed by atoms with van der Waals surface area (Å²) in [5.74, 6) is -1.26. The first-order valence-corrected chi connectivity index (χ1v) is 7.40. The van der Waals surface area contributed by atoms with Crippen LogP contribution in [0.2, 0.25) is 5.02 Å². The third kappa shape index (κ3) is 4.27. The number of halogens is 3. The van der Waals surface area contributed by atoms with Gasteiger partial charge in [-0.05, 0) is 43.9 Å². The SMILES string of the molecule is CN(C)C(C(=O)NCc1c(F)cccc1Cl)c1cccc(F)c1. The van der Waals surface area contributed by atoms with Crippen LogP contribution < -0.4 is 5.32 Å². The Hall–Kier alpha value is -1.98. The van der Waals surface area contributed by atoms with E-state index in [1.54, 1.807) is 37.2 Å². The predicted octanol–water partition coefficient (Wildman–Crippen LogP) is 3.54. The van der Waals surface area contributed by atoms with Crippen molar-refractivity contribution in [3.05, 3.63) is 70.2 Å². The molecule has 0 aliphatic rings. The molecule has 2 aromatic rings. The zero-order valence-corrected chi connectivity index (χ0v) is 13.6. The minimum Gasteiger partial charge on any atom is -0.350 e. The van der Waals surface area contributed by atoms with Gasteiger partial charge in [0.25, 0.3) is 0 Å². The van der Waals surface area contributed by atoms with Gasteiger partial charge >= 0.3 is 0 Å². The molecule has 1 unspecified atom stereocenters. The molecule has 0 fully saturated rings. The van der Waals surface area contributed by atoms with Gasteiger partial charge in [-0.25, -0.2) is 8.78 Å². The van der Waals surface area contributed by atoms with Crippen molar-refractivity contribution in [1.29, 1.82) is 0 Å². The van der Waals surface area contributed by atoms with Gasteiger partial charge in [-0.3, -0.25) is 9.69 Å². The summed E-state index contributed by atoms with van der Waals surface area (Å²) in [4.78, 5) is 14.1. The Morgan fingerprint density at radius 3 is 2.52 bits per heavy atom. The van der Waals surface area contributed by atoms with Gasteiger partial charge in [0.1, 0.15) is 17.7 Å². The van der Waals surface area contributed by atoms with Gasteiger partial charge in [-0.2, -0.15) is 0 Å². The molecule has 1 amide bonds. The quantitative estimate of drug-likeness (QED) is 0.904. The Morgan fingerprint density at radius 2 is 1.91 bits per heavy atom. The number of benzene rings is 2. The van der Waals surface area contributed by atoms with Gasteiger partial charge in [-0.1, -0.05) is 29.8 Å². The molecule has 0 saturated carbocycles. The standard InChI is InChI=1S/C17H17ClF2N2O/c1-22(2)16(11-5-3-6-12(19)9-11)17(23)21-10-13-14(18)7-4-8-15(13)20/h3-9,16H,10H2,1-2H3,(H,21,23). The van der Waals surface area contributed by atoms with E-state index in [0.717, 1.165) is 0 Å². The maximum atomic E-state index is 13.7. The zero-order valence-electron chi connectivity index (χ0n) is 12.8. The van der Waals surface area contributed by atoms with Crippen LogP contribution in [-0.4, -0.2) is 24.9 Å². The first-order chi connectivity index (χ1) is 10.9. The van der Waals surface area contributed by atoms with Crippen LogP contribution in [-0.2, 0) is 11.3 Å². The fourth-order valence-corrected chi connectivity index (χ4v) is 2.56. The average Bonchev–Trinajstić information content (AvgIpc) is 2.46. The Labute approximate surface area is 138 Å². The maximum absolute atomic E-state index is 13.7. The van der Waals surface area contributed by atoms with Crippen molar-refractivity contribution in [2.75, 3.05) is 14.1 Å². The topological polar surface area (TPSA) is 32.3 Å². The highest BCUT2D eigenvalue weighted by Crippen LogP contribution is 2.21. The molecule has 122 valence electrons. The highest BCUT2D eigenvalue weighted by Gasteiger charge is 2.23. The summed E-state index contributed by atoms with van der Waals surface area (Å²) in [6.07, 6.45) is 0. The van der Waals surface area contributed by atoms with E-state index >= 15 is 0 Å². The van der Waals surface area contributed by atoms with Crippen molar-refractivity contribution < 1.29 is 13.6 Å². The van der Waals surface area contributed by atoms with Gasteiger partial charge in [0.05, 0.1) is 0 Å². The molecule has 0 spiro atoms. The van der Waals surface area contributed by atoms with E-state index in [9.17, 15) is 13.6 Å². The van der Waals surface area contributed by atoms with Crippen molar-refractivity contribution in [2.24, 2.45) is 0 Å². The Balaban J connectivity index is 2.16. The van der Waals surface area contributed by atoms with Crippen molar-refractivity contribution in [3.63, 3.8) is 0 Å². The third-order valence-corrected chi connectivity index (χ3v) is 3.78. The van der Waals surface area contributed by atoms with Crippen LogP contribution in [0.3, 0.4) is 0 Å². The maximum Gasteiger partial charge on any atom is 0.242 e. The van der Waals surface area contributed by atoms with Crippen LogP contribution >= 0.6 is 11.6 Å². The van der Waals surface area contributed by atoms with E-state index in [-0.39, 0.29) is 23.0 Å². The van der Waals surface area contributed by atoms with Crippen LogP contribution in [0.1, 0.15) is 17.2 Å². The average molecular weight is 339 g/mol. The minimum atomic E-state index is -0.684. The lowest BCUT2D eigenvalue weighted by molar-refractivity contribution is -0.125. The number of hydrogen-bond acceptors (Lipinski definition) is 2. The van der Waals surface area contributed by atoms with Gasteiger partial charge in [0.15, 0.2) is 0 Å². The first-order valence-electron chi connectivity index (χ1n) is 7.02. The predicted molar refractivity (Wildman–Crippen MR) is 86.1 cm³/mol. The fourth-order valence-electron chi connectivity index (χ4n) is 2.33. The molecule has 6 heteroatoms. The summed E-state index contributed by atoms with van der Waals surface area (Å²) < 4.78 is 27.1. The van der Waals surface area contributed by atoms with Crippen LogP contribution in [0.5, 0.6) is 0 Å². The second-order valence-corrected chi connectivity index (χ2v) is 5.75. The number of nitrogens with zero attached hydrogens (tertiary/aromatic N) is 1. The highest BCUT2D eigenvalue weighted by atomic mass is 35.5. The normalized spacial score (nSPS) is 12.3. The number of nitrogens with one attached hydrogen (secondary N) is 1. The Morgan fingerprint density at radius 1 is 1.22 bits per heavy atom. The summed E-state index contributed by atoms with van der Waals surface area (Å²) in [5.41, 5.74) is 0.742. The van der Waals surface area contributed by atoms with Crippen LogP contribution in [0, 0.1) is 11.6 Å². The molecule has 2 rings (SSSR count). The van der Waals surface area contributed by atoms with Crippen molar-refractivity contribution in [3.8, 4) is 0 Å². The number of carbonyl (C=O) groups is 1. The number of rotatable bonds is 5. The Kier molecular flexibility index (Phi) is 5.69. The lowest BCUT2D eigenvalue weighted by Gasteiger charge is -2.24. The molecular weight excluding hydrogens is 322 g/mol. The highest BCUT2D eigenvalue weighted by molar-refractivity contribution is 6.31. The molecule has 2 aromatic carbocycles. The van der Waals surface area contributed by atoms with E-state index in [1.165, 1.54) is 24.3 Å². The van der Waals surface area contributed by atoms with Crippen molar-refractivity contribution in [1.82, 2.24) is 10.2 Å². The zero-order chi connectivity index (χ0) is 17.0. The van der Waals surface area contributed by atoms with Crippen molar-refractivity contribution in [2.45, 2.75) is 12.6 Å². The minimum absolute atomic E-state index is 0.0377. The number of amides is 1. The molecule has 0 aliphatic heterocycles. The van der Waals surface area contributed by atoms with E-state index in [0.29, 0.717) is 5.56 Å². The molecule has 0 radical (unpaired) electrons. The molecule has 1 N–H and O–H groups in total. The summed E-state index contributed by atoms with van der Waals surface area (Å²) >= 11 is 5.94. The van der Waals surface area contributed by atoms with Gasteiger partial charge < -0.3 is 5.32 Å². The fraction of sp³-hybridized carbons (Fsp3) is 0.235. The number of hydrogen-bond donors (Lipinski definition) is 1. The second-order valence-electron chi connectivity index (χ2n) is 5.34. The molecule has 1 atom stereocenters. The van der Waals surface area contributed by atoms with E-state index in [2.05, 4.69) is 5.32 Å². The molecule has 23 heavy (non-hydrogen) atoms. The van der Waals surface area contributed by atoms with Crippen LogP contribution in [0.15, 0.2) is 42.5 Å². The van der Waals surface area contributed by atoms with Crippen LogP contribution in [0.25, 0.3) is 0 Å². The number of likely N-dealkylation sites (N-methyl/N-ethyl adjacent to an activating group) is 1. The molecule has 3 nitrogen and oxygen atoms in total. The van der Waals surface area contributed by atoms with Crippen molar-refractivity contribution >= 4 is 17.5 Å². The van der Waals surface area contributed by atoms with Gasteiger partial charge in [-0.15, -0.1) is 0 Å². The summed E-state index contributed by atoms with van der Waals surface area (Å²) in [6.45, 7) is -0.0377. The monoisotopic (exact) mass is 338 g/mol. The van der Waals surface area contributed by atoms with E-state index in [4.69, 9.17) is 11.6 Å². The molecular formula is C17H17ClF2N2O. The number of carbonyl (C=O) groups excluding carboxylic acids is 1. The molecule has 0 saturated heterocycles. The van der Waals surface area contributed by atoms with E-state index < -0.39 is 17.7 Å². The first kappa shape index (κ1) is 17.4. The van der Waals surface area contributed by atoms with E-state index in [1.807, 2.05) is 0 Å². The molecule has 0 aliphatic carbocycles. The van der Waals surface area contributed by atoms with Gasteiger partial charge in [0.2, 0.25) is 5.91 Å². The third-order valence-electron chi connectivity index (χ3n) is 3.43. The summed E-state index contributed by atoms with van der Waals surface area (Å²) in [6, 6.07) is 9.49. The summed E-state index contributed by atoms with van der Waals surface area (Å²) in [7, 11) is 3.43. The van der Waals surface area contributed by atoms with Gasteiger partial charge in [0, 0.05) is 17.1 Å². The molecule has 0 aromatic heterocycles.